The molecule has 3 aromatic rings. The van der Waals surface area contributed by atoms with Gasteiger partial charge in [0.1, 0.15) is 12.2 Å². The molecule has 170 valence electrons. The van der Waals surface area contributed by atoms with Gasteiger partial charge in [-0.1, -0.05) is 66.6 Å². The van der Waals surface area contributed by atoms with Crippen molar-refractivity contribution in [3.8, 4) is 12.3 Å². The van der Waals surface area contributed by atoms with Gasteiger partial charge >= 0.3 is 0 Å². The van der Waals surface area contributed by atoms with Gasteiger partial charge in [0.2, 0.25) is 0 Å². The standard InChI is InChI=1S/C25H24N2O5S/c1-2-25(17-30-15-18-9-5-3-6-10-18)22(31-16-19-11-7-4-8-12-19)21(29)23(32-25)27-14-13-20(28)26-24(27)33/h1,3-14,21-23,29H,15-17H2,(H,26,28,33)/t21?,22?,23?,25-/m1/s1. The average Bonchev–Trinajstić information content (AvgIpc) is 3.10. The fraction of sp³-hybridized carbons (Fsp3) is 0.280. The van der Waals surface area contributed by atoms with E-state index in [2.05, 4.69) is 10.9 Å². The summed E-state index contributed by atoms with van der Waals surface area (Å²) in [7, 11) is 0. The van der Waals surface area contributed by atoms with Crippen LogP contribution in [0.3, 0.4) is 0 Å². The lowest BCUT2D eigenvalue weighted by Gasteiger charge is -2.29. The first-order chi connectivity index (χ1) is 16.0. The molecule has 0 amide bonds. The topological polar surface area (TPSA) is 85.7 Å². The smallest absolute Gasteiger partial charge is 0.251 e. The third kappa shape index (κ3) is 5.14. The largest absolute Gasteiger partial charge is 0.386 e. The minimum absolute atomic E-state index is 0.0118. The quantitative estimate of drug-likeness (QED) is 0.394. The minimum Gasteiger partial charge on any atom is -0.386 e. The van der Waals surface area contributed by atoms with Crippen LogP contribution in [0.5, 0.6) is 0 Å². The van der Waals surface area contributed by atoms with E-state index in [9.17, 15) is 9.90 Å². The average molecular weight is 465 g/mol. The van der Waals surface area contributed by atoms with Crippen LogP contribution in [0.15, 0.2) is 77.7 Å². The number of nitrogens with one attached hydrogen (secondary N) is 1. The third-order valence-corrected chi connectivity index (χ3v) is 5.78. The normalized spacial score (nSPS) is 24.4. The monoisotopic (exact) mass is 464 g/mol. The number of nitrogens with zero attached hydrogens (tertiary/aromatic N) is 1. The first kappa shape index (κ1) is 23.1. The van der Waals surface area contributed by atoms with Gasteiger partial charge in [-0.2, -0.15) is 0 Å². The molecular formula is C25H24N2O5S. The zero-order chi connectivity index (χ0) is 23.3. The molecule has 8 heteroatoms. The highest BCUT2D eigenvalue weighted by atomic mass is 32.1. The van der Waals surface area contributed by atoms with Crippen LogP contribution in [0, 0.1) is 17.1 Å². The molecule has 33 heavy (non-hydrogen) atoms. The Balaban J connectivity index is 1.60. The highest BCUT2D eigenvalue weighted by molar-refractivity contribution is 7.71. The van der Waals surface area contributed by atoms with Crippen molar-refractivity contribution in [2.45, 2.75) is 37.3 Å². The predicted molar refractivity (Wildman–Crippen MR) is 125 cm³/mol. The van der Waals surface area contributed by atoms with Crippen LogP contribution >= 0.6 is 12.2 Å². The lowest BCUT2D eigenvalue weighted by Crippen LogP contribution is -2.47. The molecule has 1 aromatic heterocycles. The van der Waals surface area contributed by atoms with Crippen molar-refractivity contribution in [3.05, 3.63) is 99.2 Å². The molecule has 1 fully saturated rings. The molecule has 0 bridgehead atoms. The van der Waals surface area contributed by atoms with Gasteiger partial charge in [-0.25, -0.2) is 0 Å². The van der Waals surface area contributed by atoms with Gasteiger partial charge in [0, 0.05) is 12.3 Å². The summed E-state index contributed by atoms with van der Waals surface area (Å²) < 4.78 is 19.8. The number of benzene rings is 2. The molecule has 1 aliphatic heterocycles. The van der Waals surface area contributed by atoms with Crippen LogP contribution in [0.2, 0.25) is 0 Å². The number of hydrogen-bond acceptors (Lipinski definition) is 6. The first-order valence-electron chi connectivity index (χ1n) is 10.4. The molecule has 0 spiro atoms. The lowest BCUT2D eigenvalue weighted by molar-refractivity contribution is -0.124. The predicted octanol–water partition coefficient (Wildman–Crippen LogP) is 2.97. The van der Waals surface area contributed by atoms with Crippen LogP contribution in [0.25, 0.3) is 0 Å². The van der Waals surface area contributed by atoms with Gasteiger partial charge in [-0.05, 0) is 23.3 Å². The van der Waals surface area contributed by atoms with Gasteiger partial charge < -0.3 is 19.3 Å². The third-order valence-electron chi connectivity index (χ3n) is 5.46. The Labute approximate surface area is 196 Å². The van der Waals surface area contributed by atoms with E-state index in [0.29, 0.717) is 6.61 Å². The molecule has 0 saturated carbocycles. The van der Waals surface area contributed by atoms with Crippen molar-refractivity contribution < 1.29 is 19.3 Å². The van der Waals surface area contributed by atoms with Crippen molar-refractivity contribution in [2.75, 3.05) is 6.61 Å². The van der Waals surface area contributed by atoms with Crippen molar-refractivity contribution in [1.29, 1.82) is 0 Å². The molecule has 1 saturated heterocycles. The summed E-state index contributed by atoms with van der Waals surface area (Å²) >= 11 is 5.26. The van der Waals surface area contributed by atoms with E-state index in [1.807, 2.05) is 60.7 Å². The van der Waals surface area contributed by atoms with Gasteiger partial charge in [-0.15, -0.1) is 6.42 Å². The Hall–Kier alpha value is -3.06. The van der Waals surface area contributed by atoms with E-state index in [0.717, 1.165) is 11.1 Å². The van der Waals surface area contributed by atoms with Crippen LogP contribution in [-0.2, 0) is 27.4 Å². The van der Waals surface area contributed by atoms with Crippen LogP contribution in [0.4, 0.5) is 0 Å². The number of terminal acetylenes is 1. The highest BCUT2D eigenvalue weighted by Crippen LogP contribution is 2.39. The van der Waals surface area contributed by atoms with Crippen molar-refractivity contribution in [2.24, 2.45) is 0 Å². The molecule has 2 aromatic carbocycles. The van der Waals surface area contributed by atoms with E-state index in [-0.39, 0.29) is 23.5 Å². The number of aromatic nitrogens is 2. The zero-order valence-corrected chi connectivity index (χ0v) is 18.6. The summed E-state index contributed by atoms with van der Waals surface area (Å²) in [5.41, 5.74) is 0.169. The lowest BCUT2D eigenvalue weighted by atomic mass is 9.96. The molecule has 3 unspecified atom stereocenters. The highest BCUT2D eigenvalue weighted by Gasteiger charge is 2.56. The zero-order valence-electron chi connectivity index (χ0n) is 17.8. The number of aliphatic hydroxyl groups is 1. The molecule has 0 aliphatic carbocycles. The number of hydrogen-bond donors (Lipinski definition) is 2. The molecule has 2 heterocycles. The van der Waals surface area contributed by atoms with Crippen LogP contribution < -0.4 is 5.56 Å². The summed E-state index contributed by atoms with van der Waals surface area (Å²) in [5.74, 6) is 2.66. The van der Waals surface area contributed by atoms with Crippen molar-refractivity contribution >= 4 is 12.2 Å². The van der Waals surface area contributed by atoms with Gasteiger partial charge in [0.25, 0.3) is 5.56 Å². The van der Waals surface area contributed by atoms with Crippen LogP contribution in [0.1, 0.15) is 17.4 Å². The van der Waals surface area contributed by atoms with Crippen molar-refractivity contribution in [3.63, 3.8) is 0 Å². The van der Waals surface area contributed by atoms with Gasteiger partial charge in [0.15, 0.2) is 16.6 Å². The van der Waals surface area contributed by atoms with Crippen LogP contribution in [-0.4, -0.2) is 39.1 Å². The molecule has 2 N–H and O–H groups in total. The number of ether oxygens (including phenoxy) is 3. The molecule has 4 rings (SSSR count). The summed E-state index contributed by atoms with van der Waals surface area (Å²) in [6.45, 7) is 0.526. The summed E-state index contributed by atoms with van der Waals surface area (Å²) in [6, 6.07) is 20.5. The maximum atomic E-state index is 11.6. The van der Waals surface area contributed by atoms with E-state index in [1.165, 1.54) is 16.8 Å². The van der Waals surface area contributed by atoms with Gasteiger partial charge in [0.05, 0.1) is 19.8 Å². The Bertz CT molecular complexity index is 1220. The minimum atomic E-state index is -1.38. The van der Waals surface area contributed by atoms with E-state index in [4.69, 9.17) is 32.9 Å². The summed E-state index contributed by atoms with van der Waals surface area (Å²) in [5, 5.41) is 11.2. The van der Waals surface area contributed by atoms with E-state index in [1.54, 1.807) is 0 Å². The SMILES string of the molecule is C#C[C@]1(COCc2ccccc2)OC(n2ccc(=O)[nH]c2=S)C(O)C1OCc1ccccc1. The fourth-order valence-electron chi connectivity index (χ4n) is 3.79. The molecule has 1 aliphatic rings. The second-order valence-electron chi connectivity index (χ2n) is 7.75. The number of H-pyrrole nitrogens is 1. The summed E-state index contributed by atoms with van der Waals surface area (Å²) in [4.78, 5) is 14.1. The van der Waals surface area contributed by atoms with E-state index < -0.39 is 24.0 Å². The number of aromatic amines is 1. The number of rotatable bonds is 8. The molecule has 4 atom stereocenters. The second-order valence-corrected chi connectivity index (χ2v) is 8.13. The Morgan fingerprint density at radius 2 is 1.73 bits per heavy atom. The van der Waals surface area contributed by atoms with Crippen molar-refractivity contribution in [1.82, 2.24) is 9.55 Å². The van der Waals surface area contributed by atoms with E-state index >= 15 is 0 Å². The maximum Gasteiger partial charge on any atom is 0.251 e. The molecule has 7 nitrogen and oxygen atoms in total. The Kier molecular flexibility index (Phi) is 7.18. The second kappa shape index (κ2) is 10.3. The summed E-state index contributed by atoms with van der Waals surface area (Å²) in [6.07, 6.45) is 4.36. The number of aliphatic hydroxyl groups excluding tert-OH is 1. The molecule has 0 radical (unpaired) electrons. The first-order valence-corrected chi connectivity index (χ1v) is 10.9. The molecular weight excluding hydrogens is 440 g/mol. The Morgan fingerprint density at radius 1 is 1.09 bits per heavy atom. The maximum absolute atomic E-state index is 11.6. The Morgan fingerprint density at radius 3 is 2.33 bits per heavy atom. The fourth-order valence-corrected chi connectivity index (χ4v) is 4.05. The van der Waals surface area contributed by atoms with Gasteiger partial charge in [-0.3, -0.25) is 14.3 Å².